The van der Waals surface area contributed by atoms with Crippen LogP contribution in [0.1, 0.15) is 19.8 Å². The van der Waals surface area contributed by atoms with E-state index in [1.165, 1.54) is 12.8 Å². The molecule has 1 aliphatic rings. The van der Waals surface area contributed by atoms with Gasteiger partial charge in [-0.2, -0.15) is 0 Å². The zero-order valence-corrected chi connectivity index (χ0v) is 8.87. The van der Waals surface area contributed by atoms with E-state index < -0.39 is 0 Å². The largest absolute Gasteiger partial charge is 0.465 e. The third-order valence-electron chi connectivity index (χ3n) is 2.26. The van der Waals surface area contributed by atoms with E-state index in [2.05, 4.69) is 11.5 Å². The molecule has 0 unspecified atom stereocenters. The number of esters is 1. The van der Waals surface area contributed by atoms with Gasteiger partial charge < -0.3 is 4.74 Å². The molecule has 0 aromatic carbocycles. The third kappa shape index (κ3) is 4.42. The van der Waals surface area contributed by atoms with Crippen LogP contribution in [0.3, 0.4) is 0 Å². The van der Waals surface area contributed by atoms with E-state index in [-0.39, 0.29) is 5.97 Å². The van der Waals surface area contributed by atoms with Crippen molar-refractivity contribution in [2.75, 3.05) is 26.2 Å². The second kappa shape index (κ2) is 5.81. The molecule has 0 atom stereocenters. The van der Waals surface area contributed by atoms with Crippen LogP contribution >= 0.6 is 0 Å². The lowest BCUT2D eigenvalue weighted by molar-refractivity contribution is -0.144. The van der Waals surface area contributed by atoms with Crippen molar-refractivity contribution in [3.63, 3.8) is 0 Å². The lowest BCUT2D eigenvalue weighted by Gasteiger charge is -2.18. The maximum Gasteiger partial charge on any atom is 0.320 e. The summed E-state index contributed by atoms with van der Waals surface area (Å²) in [5, 5.41) is 0. The zero-order valence-electron chi connectivity index (χ0n) is 8.87. The van der Waals surface area contributed by atoms with Crippen LogP contribution in [0.2, 0.25) is 0 Å². The molecule has 0 radical (unpaired) electrons. The molecule has 0 saturated heterocycles. The van der Waals surface area contributed by atoms with Gasteiger partial charge >= 0.3 is 5.97 Å². The van der Waals surface area contributed by atoms with Gasteiger partial charge in [0.2, 0.25) is 0 Å². The Morgan fingerprint density at radius 2 is 2.36 bits per heavy atom. The van der Waals surface area contributed by atoms with Crippen LogP contribution in [0.5, 0.6) is 0 Å². The molecule has 0 amide bonds. The first-order valence-corrected chi connectivity index (χ1v) is 5.25. The molecule has 1 fully saturated rings. The standard InChI is InChI=1S/C11H19NO2/c1-3-7-12(8-10-5-6-10)9-11(13)14-4-2/h3,10H,1,4-9H2,2H3. The molecule has 0 aromatic heterocycles. The molecule has 0 heterocycles. The number of hydrogen-bond acceptors (Lipinski definition) is 3. The fourth-order valence-corrected chi connectivity index (χ4v) is 1.44. The van der Waals surface area contributed by atoms with Crippen molar-refractivity contribution in [1.29, 1.82) is 0 Å². The monoisotopic (exact) mass is 197 g/mol. The topological polar surface area (TPSA) is 29.5 Å². The van der Waals surface area contributed by atoms with Gasteiger partial charge in [-0.3, -0.25) is 9.69 Å². The van der Waals surface area contributed by atoms with E-state index >= 15 is 0 Å². The fourth-order valence-electron chi connectivity index (χ4n) is 1.44. The Kier molecular flexibility index (Phi) is 4.66. The second-order valence-corrected chi connectivity index (χ2v) is 3.73. The molecular weight excluding hydrogens is 178 g/mol. The van der Waals surface area contributed by atoms with Crippen molar-refractivity contribution in [2.24, 2.45) is 5.92 Å². The van der Waals surface area contributed by atoms with Crippen molar-refractivity contribution in [3.8, 4) is 0 Å². The predicted octanol–water partition coefficient (Wildman–Crippen LogP) is 1.45. The molecule has 0 aromatic rings. The molecule has 14 heavy (non-hydrogen) atoms. The summed E-state index contributed by atoms with van der Waals surface area (Å²) in [6, 6.07) is 0. The molecule has 0 bridgehead atoms. The van der Waals surface area contributed by atoms with Crippen molar-refractivity contribution in [3.05, 3.63) is 12.7 Å². The molecule has 1 rings (SSSR count). The van der Waals surface area contributed by atoms with Crippen molar-refractivity contribution < 1.29 is 9.53 Å². The van der Waals surface area contributed by atoms with Gasteiger partial charge in [0.1, 0.15) is 0 Å². The maximum absolute atomic E-state index is 11.2. The summed E-state index contributed by atoms with van der Waals surface area (Å²) in [5.41, 5.74) is 0. The number of ether oxygens (including phenoxy) is 1. The van der Waals surface area contributed by atoms with Gasteiger partial charge in [-0.05, 0) is 25.7 Å². The summed E-state index contributed by atoms with van der Waals surface area (Å²) >= 11 is 0. The van der Waals surface area contributed by atoms with E-state index in [9.17, 15) is 4.79 Å². The summed E-state index contributed by atoms with van der Waals surface area (Å²) in [5.74, 6) is 0.666. The highest BCUT2D eigenvalue weighted by Crippen LogP contribution is 2.29. The zero-order chi connectivity index (χ0) is 10.4. The number of nitrogens with zero attached hydrogens (tertiary/aromatic N) is 1. The minimum atomic E-state index is -0.130. The first kappa shape index (κ1) is 11.2. The molecular formula is C11H19NO2. The Balaban J connectivity index is 2.25. The number of carbonyl (C=O) groups excluding carboxylic acids is 1. The van der Waals surface area contributed by atoms with Gasteiger partial charge in [-0.15, -0.1) is 6.58 Å². The van der Waals surface area contributed by atoms with Gasteiger partial charge in [-0.25, -0.2) is 0 Å². The van der Waals surface area contributed by atoms with Crippen LogP contribution in [0.15, 0.2) is 12.7 Å². The van der Waals surface area contributed by atoms with E-state index in [0.717, 1.165) is 19.0 Å². The van der Waals surface area contributed by atoms with Gasteiger partial charge in [0.15, 0.2) is 0 Å². The molecule has 80 valence electrons. The van der Waals surface area contributed by atoms with Crippen LogP contribution in [0.4, 0.5) is 0 Å². The summed E-state index contributed by atoms with van der Waals surface area (Å²) in [7, 11) is 0. The summed E-state index contributed by atoms with van der Waals surface area (Å²) in [4.78, 5) is 13.3. The van der Waals surface area contributed by atoms with Crippen molar-refractivity contribution in [1.82, 2.24) is 4.90 Å². The van der Waals surface area contributed by atoms with E-state index in [4.69, 9.17) is 4.74 Å². The Labute approximate surface area is 85.7 Å². The summed E-state index contributed by atoms with van der Waals surface area (Å²) in [6.45, 7) is 8.16. The van der Waals surface area contributed by atoms with Crippen LogP contribution < -0.4 is 0 Å². The normalized spacial score (nSPS) is 15.6. The Morgan fingerprint density at radius 3 is 2.86 bits per heavy atom. The van der Waals surface area contributed by atoms with Crippen LogP contribution in [-0.2, 0) is 9.53 Å². The SMILES string of the molecule is C=CCN(CC(=O)OCC)CC1CC1. The highest BCUT2D eigenvalue weighted by Gasteiger charge is 2.24. The number of rotatable bonds is 7. The van der Waals surface area contributed by atoms with Gasteiger partial charge in [0.05, 0.1) is 13.2 Å². The predicted molar refractivity (Wildman–Crippen MR) is 56.0 cm³/mol. The molecule has 3 nitrogen and oxygen atoms in total. The molecule has 1 saturated carbocycles. The van der Waals surface area contributed by atoms with E-state index in [1.807, 2.05) is 13.0 Å². The molecule has 0 aliphatic heterocycles. The Hall–Kier alpha value is -0.830. The fraction of sp³-hybridized carbons (Fsp3) is 0.727. The summed E-state index contributed by atoms with van der Waals surface area (Å²) < 4.78 is 4.91. The van der Waals surface area contributed by atoms with Crippen LogP contribution in [0, 0.1) is 5.92 Å². The first-order chi connectivity index (χ1) is 6.76. The first-order valence-electron chi connectivity index (χ1n) is 5.25. The van der Waals surface area contributed by atoms with Crippen molar-refractivity contribution in [2.45, 2.75) is 19.8 Å². The van der Waals surface area contributed by atoms with Gasteiger partial charge in [0.25, 0.3) is 0 Å². The number of hydrogen-bond donors (Lipinski definition) is 0. The lowest BCUT2D eigenvalue weighted by atomic mass is 10.3. The molecule has 1 aliphatic carbocycles. The summed E-state index contributed by atoms with van der Waals surface area (Å²) in [6.07, 6.45) is 4.44. The van der Waals surface area contributed by atoms with Gasteiger partial charge in [0, 0.05) is 13.1 Å². The van der Waals surface area contributed by atoms with E-state index in [0.29, 0.717) is 13.2 Å². The highest BCUT2D eigenvalue weighted by atomic mass is 16.5. The highest BCUT2D eigenvalue weighted by molar-refractivity contribution is 5.71. The smallest absolute Gasteiger partial charge is 0.320 e. The minimum Gasteiger partial charge on any atom is -0.465 e. The average molecular weight is 197 g/mol. The Bertz CT molecular complexity index is 199. The second-order valence-electron chi connectivity index (χ2n) is 3.73. The quantitative estimate of drug-likeness (QED) is 0.457. The third-order valence-corrected chi connectivity index (χ3v) is 2.26. The van der Waals surface area contributed by atoms with Gasteiger partial charge in [-0.1, -0.05) is 6.08 Å². The minimum absolute atomic E-state index is 0.130. The van der Waals surface area contributed by atoms with Crippen molar-refractivity contribution >= 4 is 5.97 Å². The average Bonchev–Trinajstić information content (AvgIpc) is 2.89. The molecule has 0 N–H and O–H groups in total. The molecule has 3 heteroatoms. The van der Waals surface area contributed by atoms with E-state index in [1.54, 1.807) is 0 Å². The Morgan fingerprint density at radius 1 is 1.64 bits per heavy atom. The maximum atomic E-state index is 11.2. The lowest BCUT2D eigenvalue weighted by Crippen LogP contribution is -2.32. The van der Waals surface area contributed by atoms with Crippen LogP contribution in [-0.4, -0.2) is 37.1 Å². The molecule has 0 spiro atoms. The van der Waals surface area contributed by atoms with Crippen LogP contribution in [0.25, 0.3) is 0 Å². The number of carbonyl (C=O) groups is 1.